The van der Waals surface area contributed by atoms with Gasteiger partial charge < -0.3 is 14.5 Å². The van der Waals surface area contributed by atoms with Crippen LogP contribution in [0.1, 0.15) is 26.2 Å². The number of rotatable bonds is 7. The van der Waals surface area contributed by atoms with Crippen molar-refractivity contribution in [2.24, 2.45) is 0 Å². The number of amides is 1. The van der Waals surface area contributed by atoms with Crippen molar-refractivity contribution in [1.29, 1.82) is 0 Å². The Hall–Kier alpha value is -0.910. The third kappa shape index (κ3) is 5.23. The minimum absolute atomic E-state index is 0.0141. The summed E-state index contributed by atoms with van der Waals surface area (Å²) in [5.74, 6) is -0.917. The van der Waals surface area contributed by atoms with Crippen LogP contribution in [0, 0.1) is 0 Å². The van der Waals surface area contributed by atoms with Gasteiger partial charge in [0.1, 0.15) is 0 Å². The second-order valence-electron chi connectivity index (χ2n) is 4.80. The van der Waals surface area contributed by atoms with Crippen molar-refractivity contribution in [3.8, 4) is 0 Å². The highest BCUT2D eigenvalue weighted by Crippen LogP contribution is 2.46. The molecule has 0 bridgehead atoms. The lowest BCUT2D eigenvalue weighted by Gasteiger charge is -2.37. The van der Waals surface area contributed by atoms with E-state index in [-0.39, 0.29) is 18.7 Å². The van der Waals surface area contributed by atoms with Crippen LogP contribution in [0.25, 0.3) is 0 Å². The molecule has 7 nitrogen and oxygen atoms in total. The summed E-state index contributed by atoms with van der Waals surface area (Å²) in [6, 6.07) is 0. The average molecular weight is 306 g/mol. The van der Waals surface area contributed by atoms with Crippen molar-refractivity contribution >= 4 is 19.4 Å². The Labute approximate surface area is 119 Å². The minimum atomic E-state index is -2.74. The molecule has 1 heterocycles. The van der Waals surface area contributed by atoms with Gasteiger partial charge in [-0.1, -0.05) is 0 Å². The Morgan fingerprint density at radius 3 is 2.30 bits per heavy atom. The van der Waals surface area contributed by atoms with Gasteiger partial charge in [0.25, 0.3) is 7.52 Å². The maximum absolute atomic E-state index is 12.2. The largest absolute Gasteiger partial charge is 0.481 e. The van der Waals surface area contributed by atoms with E-state index in [0.717, 1.165) is 0 Å². The zero-order valence-corrected chi connectivity index (χ0v) is 13.0. The van der Waals surface area contributed by atoms with Crippen molar-refractivity contribution in [2.45, 2.75) is 26.2 Å². The van der Waals surface area contributed by atoms with E-state index in [1.54, 1.807) is 23.2 Å². The molecule has 1 amide bonds. The molecular weight excluding hydrogens is 283 g/mol. The van der Waals surface area contributed by atoms with Gasteiger partial charge in [-0.05, 0) is 13.3 Å². The van der Waals surface area contributed by atoms with Crippen molar-refractivity contribution in [3.05, 3.63) is 0 Å². The van der Waals surface area contributed by atoms with Gasteiger partial charge in [-0.2, -0.15) is 0 Å². The molecule has 1 rings (SSSR count). The van der Waals surface area contributed by atoms with Gasteiger partial charge in [0.15, 0.2) is 0 Å². The van der Waals surface area contributed by atoms with Crippen molar-refractivity contribution < 1.29 is 23.8 Å². The maximum Gasteiger partial charge on any atom is 0.303 e. The number of carbonyl (C=O) groups is 2. The SMILES string of the molecule is CCOP(C)(=O)N1CCN(C(=O)CCCC(=O)O)CC1. The van der Waals surface area contributed by atoms with Gasteiger partial charge in [0.2, 0.25) is 5.91 Å². The molecule has 0 aliphatic carbocycles. The number of carboxylic acid groups (broad SMARTS) is 1. The van der Waals surface area contributed by atoms with Crippen LogP contribution in [0.2, 0.25) is 0 Å². The summed E-state index contributed by atoms with van der Waals surface area (Å²) in [6.45, 7) is 5.88. The fraction of sp³-hybridized carbons (Fsp3) is 0.833. The molecule has 8 heteroatoms. The van der Waals surface area contributed by atoms with E-state index in [2.05, 4.69) is 0 Å². The fourth-order valence-corrected chi connectivity index (χ4v) is 3.73. The number of piperazine rings is 1. The summed E-state index contributed by atoms with van der Waals surface area (Å²) < 4.78 is 19.3. The summed E-state index contributed by atoms with van der Waals surface area (Å²) in [6.07, 6.45) is 0.626. The Bertz CT molecular complexity index is 393. The first-order valence-corrected chi connectivity index (χ1v) is 8.86. The molecule has 0 spiro atoms. The smallest absolute Gasteiger partial charge is 0.303 e. The zero-order valence-electron chi connectivity index (χ0n) is 12.1. The molecule has 1 aliphatic rings. The van der Waals surface area contributed by atoms with Gasteiger partial charge in [-0.25, -0.2) is 4.67 Å². The molecule has 0 aromatic carbocycles. The second-order valence-corrected chi connectivity index (χ2v) is 7.23. The molecule has 0 aromatic heterocycles. The summed E-state index contributed by atoms with van der Waals surface area (Å²) >= 11 is 0. The first-order valence-electron chi connectivity index (χ1n) is 6.84. The first-order chi connectivity index (χ1) is 9.36. The van der Waals surface area contributed by atoms with Gasteiger partial charge in [0.05, 0.1) is 6.61 Å². The second kappa shape index (κ2) is 7.76. The minimum Gasteiger partial charge on any atom is -0.481 e. The monoisotopic (exact) mass is 306 g/mol. The van der Waals surface area contributed by atoms with E-state index in [0.29, 0.717) is 39.2 Å². The number of aliphatic carboxylic acids is 1. The van der Waals surface area contributed by atoms with Crippen LogP contribution in [0.5, 0.6) is 0 Å². The van der Waals surface area contributed by atoms with E-state index < -0.39 is 13.5 Å². The first kappa shape index (κ1) is 17.1. The predicted molar refractivity (Wildman–Crippen MR) is 74.8 cm³/mol. The van der Waals surface area contributed by atoms with Crippen molar-refractivity contribution in [1.82, 2.24) is 9.57 Å². The van der Waals surface area contributed by atoms with Gasteiger partial charge in [-0.3, -0.25) is 14.2 Å². The highest BCUT2D eigenvalue weighted by molar-refractivity contribution is 7.55. The molecule has 1 saturated heterocycles. The molecule has 1 unspecified atom stereocenters. The van der Waals surface area contributed by atoms with Crippen LogP contribution in [-0.2, 0) is 18.7 Å². The molecular formula is C12H23N2O5P. The molecule has 1 aliphatic heterocycles. The van der Waals surface area contributed by atoms with Gasteiger partial charge in [0, 0.05) is 45.7 Å². The summed E-state index contributed by atoms with van der Waals surface area (Å²) in [7, 11) is -2.74. The standard InChI is InChI=1S/C12H23N2O5P/c1-3-19-20(2,18)14-9-7-13(8-10-14)11(15)5-4-6-12(16)17/h3-10H2,1-2H3,(H,16,17). The molecule has 1 fully saturated rings. The molecule has 0 saturated carbocycles. The molecule has 20 heavy (non-hydrogen) atoms. The third-order valence-corrected chi connectivity index (χ3v) is 5.44. The fourth-order valence-electron chi connectivity index (χ4n) is 2.18. The van der Waals surface area contributed by atoms with Crippen molar-refractivity contribution in [2.75, 3.05) is 39.5 Å². The Balaban J connectivity index is 2.36. The number of carboxylic acids is 1. The number of hydrogen-bond acceptors (Lipinski definition) is 4. The molecule has 0 aromatic rings. The van der Waals surface area contributed by atoms with E-state index >= 15 is 0 Å². The highest BCUT2D eigenvalue weighted by atomic mass is 31.2. The lowest BCUT2D eigenvalue weighted by Crippen LogP contribution is -2.47. The molecule has 116 valence electrons. The summed E-state index contributed by atoms with van der Waals surface area (Å²) in [5.41, 5.74) is 0. The molecule has 1 N–H and O–H groups in total. The normalized spacial score (nSPS) is 19.6. The Morgan fingerprint density at radius 1 is 1.20 bits per heavy atom. The van der Waals surface area contributed by atoms with E-state index in [4.69, 9.17) is 9.63 Å². The van der Waals surface area contributed by atoms with E-state index in [1.807, 2.05) is 0 Å². The van der Waals surface area contributed by atoms with Crippen LogP contribution >= 0.6 is 7.52 Å². The van der Waals surface area contributed by atoms with Crippen LogP contribution in [-0.4, -0.2) is 66.0 Å². The van der Waals surface area contributed by atoms with E-state index in [1.165, 1.54) is 0 Å². The lowest BCUT2D eigenvalue weighted by atomic mass is 10.2. The van der Waals surface area contributed by atoms with Crippen LogP contribution in [0.15, 0.2) is 0 Å². The lowest BCUT2D eigenvalue weighted by molar-refractivity contribution is -0.137. The predicted octanol–water partition coefficient (Wildman–Crippen LogP) is 1.24. The van der Waals surface area contributed by atoms with Crippen LogP contribution in [0.4, 0.5) is 0 Å². The van der Waals surface area contributed by atoms with Crippen LogP contribution < -0.4 is 0 Å². The summed E-state index contributed by atoms with van der Waals surface area (Å²) in [4.78, 5) is 24.0. The number of carbonyl (C=O) groups excluding carboxylic acids is 1. The Kier molecular flexibility index (Phi) is 6.65. The summed E-state index contributed by atoms with van der Waals surface area (Å²) in [5, 5.41) is 8.53. The zero-order chi connectivity index (χ0) is 15.2. The third-order valence-electron chi connectivity index (χ3n) is 3.27. The van der Waals surface area contributed by atoms with Crippen molar-refractivity contribution in [3.63, 3.8) is 0 Å². The molecule has 1 atom stereocenters. The highest BCUT2D eigenvalue weighted by Gasteiger charge is 2.30. The molecule has 0 radical (unpaired) electrons. The van der Waals surface area contributed by atoms with Crippen LogP contribution in [0.3, 0.4) is 0 Å². The van der Waals surface area contributed by atoms with Gasteiger partial charge in [-0.15, -0.1) is 0 Å². The van der Waals surface area contributed by atoms with E-state index in [9.17, 15) is 14.2 Å². The Morgan fingerprint density at radius 2 is 1.80 bits per heavy atom. The quantitative estimate of drug-likeness (QED) is 0.712. The maximum atomic E-state index is 12.2. The van der Waals surface area contributed by atoms with Gasteiger partial charge >= 0.3 is 5.97 Å². The topological polar surface area (TPSA) is 87.2 Å². The number of nitrogens with zero attached hydrogens (tertiary/aromatic N) is 2. The average Bonchev–Trinajstić information content (AvgIpc) is 2.38. The number of hydrogen-bond donors (Lipinski definition) is 1.